The second-order valence-electron chi connectivity index (χ2n) is 33.4. The van der Waals surface area contributed by atoms with Gasteiger partial charge in [-0.05, 0) is 161 Å². The van der Waals surface area contributed by atoms with Gasteiger partial charge in [0.15, 0.2) is 0 Å². The first-order chi connectivity index (χ1) is 64.4. The lowest BCUT2D eigenvalue weighted by molar-refractivity contribution is 0.669. The van der Waals surface area contributed by atoms with Gasteiger partial charge in [-0.25, -0.2) is 9.97 Å². The Morgan fingerprint density at radius 1 is 0.162 bits per heavy atom. The maximum atomic E-state index is 6.40. The summed E-state index contributed by atoms with van der Waals surface area (Å²) in [5.74, 6) is 0. The molecular weight excluding hydrogens is 1590 g/mol. The van der Waals surface area contributed by atoms with E-state index in [1.807, 2.05) is 48.5 Å². The van der Waals surface area contributed by atoms with Gasteiger partial charge in [0.2, 0.25) is 0 Å². The molecule has 27 aromatic rings. The number of furan rings is 3. The highest BCUT2D eigenvalue weighted by Gasteiger charge is 2.23. The predicted molar refractivity (Wildman–Crippen MR) is 539 cm³/mol. The number of benzene rings is 21. The molecule has 0 saturated heterocycles. The van der Waals surface area contributed by atoms with E-state index < -0.39 is 0 Å². The fraction of sp³-hybridized carbons (Fsp3) is 0.00826. The van der Waals surface area contributed by atoms with Crippen LogP contribution in [0, 0.1) is 6.92 Å². The molecule has 0 aliphatic heterocycles. The van der Waals surface area contributed by atoms with Gasteiger partial charge in [0.05, 0.1) is 44.5 Å². The molecule has 130 heavy (non-hydrogen) atoms. The number of hydrogen-bond donors (Lipinski definition) is 0. The van der Waals surface area contributed by atoms with Crippen molar-refractivity contribution in [2.45, 2.75) is 6.92 Å². The number of rotatable bonds is 9. The Kier molecular flexibility index (Phi) is 18.0. The molecule has 606 valence electrons. The maximum Gasteiger partial charge on any atom is 0.143 e. The summed E-state index contributed by atoms with van der Waals surface area (Å²) >= 11 is 0. The minimum absolute atomic E-state index is 0.882. The highest BCUT2D eigenvalue weighted by atomic mass is 16.3. The normalized spacial score (nSPS) is 11.7. The molecule has 0 radical (unpaired) electrons. The smallest absolute Gasteiger partial charge is 0.143 e. The van der Waals surface area contributed by atoms with Crippen LogP contribution in [-0.2, 0) is 0 Å². The van der Waals surface area contributed by atoms with E-state index in [1.54, 1.807) is 24.8 Å². The third kappa shape index (κ3) is 12.8. The van der Waals surface area contributed by atoms with Crippen LogP contribution in [0.2, 0.25) is 0 Å². The first-order valence-corrected chi connectivity index (χ1v) is 43.9. The Bertz CT molecular complexity index is 9280. The van der Waals surface area contributed by atoms with Crippen molar-refractivity contribution in [2.24, 2.45) is 0 Å². The molecule has 0 bridgehead atoms. The molecule has 6 aromatic heterocycles. The van der Waals surface area contributed by atoms with E-state index in [1.165, 1.54) is 43.8 Å². The van der Waals surface area contributed by atoms with Gasteiger partial charge in [-0.1, -0.05) is 351 Å². The van der Waals surface area contributed by atoms with Crippen LogP contribution < -0.4 is 0 Å². The molecule has 0 unspecified atom stereocenters. The van der Waals surface area contributed by atoms with Crippen LogP contribution in [0.15, 0.2) is 444 Å². The fourth-order valence-electron chi connectivity index (χ4n) is 19.6. The van der Waals surface area contributed by atoms with Crippen molar-refractivity contribution in [3.05, 3.63) is 437 Å². The number of fused-ring (bicyclic) bond motifs is 27. The molecule has 0 spiro atoms. The Balaban J connectivity index is 0.000000106. The molecule has 0 N–H and O–H groups in total. The minimum Gasteiger partial charge on any atom is -0.455 e. The molecule has 9 nitrogen and oxygen atoms in total. The lowest BCUT2D eigenvalue weighted by Gasteiger charge is -2.15. The maximum absolute atomic E-state index is 6.40. The van der Waals surface area contributed by atoms with Crippen LogP contribution in [0.5, 0.6) is 0 Å². The third-order valence-electron chi connectivity index (χ3n) is 25.8. The molecule has 0 aliphatic rings. The molecule has 0 fully saturated rings. The predicted octanol–water partition coefficient (Wildman–Crippen LogP) is 32.8. The van der Waals surface area contributed by atoms with E-state index in [-0.39, 0.29) is 0 Å². The number of hydrogen-bond acceptors (Lipinski definition) is 9. The average Bonchev–Trinajstić information content (AvgIpc) is 0.861. The van der Waals surface area contributed by atoms with Gasteiger partial charge < -0.3 is 13.3 Å². The van der Waals surface area contributed by atoms with Gasteiger partial charge >= 0.3 is 0 Å². The Morgan fingerprint density at radius 2 is 0.415 bits per heavy atom. The Hall–Kier alpha value is -17.4. The summed E-state index contributed by atoms with van der Waals surface area (Å²) in [6.07, 6.45) is 7.11. The van der Waals surface area contributed by atoms with Crippen LogP contribution in [-0.4, -0.2) is 29.9 Å². The van der Waals surface area contributed by atoms with E-state index in [0.29, 0.717) is 0 Å². The third-order valence-corrected chi connectivity index (χ3v) is 25.8. The van der Waals surface area contributed by atoms with Crippen molar-refractivity contribution in [1.29, 1.82) is 0 Å². The van der Waals surface area contributed by atoms with E-state index in [2.05, 4.69) is 370 Å². The quantitative estimate of drug-likeness (QED) is 0.130. The Labute approximate surface area is 745 Å². The molecule has 27 rings (SSSR count). The van der Waals surface area contributed by atoms with Gasteiger partial charge in [0.25, 0.3) is 0 Å². The van der Waals surface area contributed by atoms with Crippen molar-refractivity contribution in [2.75, 3.05) is 0 Å². The topological polar surface area (TPSA) is 117 Å². The van der Waals surface area contributed by atoms with E-state index in [4.69, 9.17) is 38.2 Å². The lowest BCUT2D eigenvalue weighted by atomic mass is 9.92. The largest absolute Gasteiger partial charge is 0.455 e. The zero-order chi connectivity index (χ0) is 85.9. The highest BCUT2D eigenvalue weighted by Crippen LogP contribution is 2.47. The van der Waals surface area contributed by atoms with Gasteiger partial charge in [-0.3, -0.25) is 19.9 Å². The SMILES string of the molecule is Cc1ccc2c(c1)c1cc(-c3cccc(-c4cccc5c4oc4ccccc45)c3)ccc1c1nccnc21.c1ccc(-c2ccc3c(c2)c2cc(-c4cccc(-c5cccc6c5oc5ccccc56)c4)ccc2c2nccnc32)cc1.c1ccc(-c2nc3c4ccccc4c4cc(-c5cccc(-c6cccc7c6oc6ccccc67)c5)ccc4c3nc2-c2ccccc2)cc1. The van der Waals surface area contributed by atoms with E-state index in [0.717, 1.165) is 226 Å². The summed E-state index contributed by atoms with van der Waals surface area (Å²) in [5, 5.41) is 20.6. The molecule has 0 atom stereocenters. The molecule has 21 aromatic carbocycles. The summed E-state index contributed by atoms with van der Waals surface area (Å²) in [5.41, 5.74) is 32.1. The van der Waals surface area contributed by atoms with Crippen molar-refractivity contribution >= 4 is 164 Å². The van der Waals surface area contributed by atoms with Crippen LogP contribution in [0.4, 0.5) is 0 Å². The summed E-state index contributed by atoms with van der Waals surface area (Å²) in [6.45, 7) is 2.14. The van der Waals surface area contributed by atoms with Gasteiger partial charge in [-0.2, -0.15) is 0 Å². The van der Waals surface area contributed by atoms with Crippen molar-refractivity contribution in [3.63, 3.8) is 0 Å². The van der Waals surface area contributed by atoms with Crippen molar-refractivity contribution in [3.8, 4) is 100 Å². The number of aryl methyl sites for hydroxylation is 1. The summed E-state index contributed by atoms with van der Waals surface area (Å²) in [7, 11) is 0. The molecule has 0 amide bonds. The summed E-state index contributed by atoms with van der Waals surface area (Å²) in [6, 6.07) is 143. The highest BCUT2D eigenvalue weighted by molar-refractivity contribution is 6.27. The van der Waals surface area contributed by atoms with Gasteiger partial charge in [-0.15, -0.1) is 0 Å². The van der Waals surface area contributed by atoms with Gasteiger partial charge in [0, 0.05) is 117 Å². The number of aromatic nitrogens is 6. The summed E-state index contributed by atoms with van der Waals surface area (Å²) < 4.78 is 19.1. The van der Waals surface area contributed by atoms with Gasteiger partial charge in [0.1, 0.15) is 33.5 Å². The van der Waals surface area contributed by atoms with Crippen LogP contribution in [0.25, 0.3) is 264 Å². The van der Waals surface area contributed by atoms with E-state index >= 15 is 0 Å². The Morgan fingerprint density at radius 3 is 0.792 bits per heavy atom. The standard InChI is InChI=1S/C46H28N2O.C40H24N2O.C35H22N2O/c1-3-13-29(14-4-1)42-43(30-15-5-2-6-16-30)48-45-38-26-25-32(28-40(38)35-19-7-8-21-37(35)44(45)47-42)31-17-11-18-33(27-31)34-22-12-23-39-36-20-9-10-24-41(36)49-46(34)39;1-2-8-25(9-3-1)27-16-18-32-35(23-27)36-24-28(17-19-33(36)39-38(32)41-20-21-42-39)26-10-6-11-29(22-26)30-13-7-14-34-31-12-4-5-15-37(31)43-40(30)34;1-21-12-14-27-30(18-21)31-20-23(13-15-28(31)34-33(27)36-16-17-37-34)22-6-4-7-24(19-22)25-9-5-10-29-26-8-2-3-11-32(26)38-35(25)29/h1-28H;1-24H;2-20H,1H3. The fourth-order valence-corrected chi connectivity index (χ4v) is 19.6. The second kappa shape index (κ2) is 31.1. The van der Waals surface area contributed by atoms with Crippen LogP contribution in [0.3, 0.4) is 0 Å². The van der Waals surface area contributed by atoms with Crippen molar-refractivity contribution in [1.82, 2.24) is 29.9 Å². The molecular formula is C121H74N6O3. The lowest BCUT2D eigenvalue weighted by Crippen LogP contribution is -1.97. The molecule has 9 heteroatoms. The minimum atomic E-state index is 0.882. The first kappa shape index (κ1) is 75.2. The first-order valence-electron chi connectivity index (χ1n) is 43.9. The average molecular weight is 1660 g/mol. The monoisotopic (exact) mass is 1660 g/mol. The van der Waals surface area contributed by atoms with E-state index in [9.17, 15) is 0 Å². The molecule has 0 saturated carbocycles. The van der Waals surface area contributed by atoms with Crippen molar-refractivity contribution < 1.29 is 13.3 Å². The number of para-hydroxylation sites is 6. The summed E-state index contributed by atoms with van der Waals surface area (Å²) in [4.78, 5) is 29.7. The van der Waals surface area contributed by atoms with Crippen LogP contribution >= 0.6 is 0 Å². The zero-order valence-corrected chi connectivity index (χ0v) is 70.4. The van der Waals surface area contributed by atoms with Crippen LogP contribution in [0.1, 0.15) is 5.56 Å². The number of nitrogens with zero attached hydrogens (tertiary/aromatic N) is 6. The second-order valence-corrected chi connectivity index (χ2v) is 33.4. The molecule has 0 aliphatic carbocycles. The molecule has 6 heterocycles. The zero-order valence-electron chi connectivity index (χ0n) is 70.4.